The van der Waals surface area contributed by atoms with E-state index in [0.717, 1.165) is 24.0 Å². The number of benzene rings is 1. The van der Waals surface area contributed by atoms with Crippen molar-refractivity contribution in [2.45, 2.75) is 33.6 Å². The van der Waals surface area contributed by atoms with Crippen LogP contribution in [0.25, 0.3) is 0 Å². The molecule has 1 rings (SSSR count). The van der Waals surface area contributed by atoms with E-state index in [4.69, 9.17) is 0 Å². The lowest BCUT2D eigenvalue weighted by Gasteiger charge is -2.06. The second-order valence-electron chi connectivity index (χ2n) is 3.72. The lowest BCUT2D eigenvalue weighted by atomic mass is 10.0. The number of allylic oxidation sites excluding steroid dienone is 2. The maximum absolute atomic E-state index is 9.76. The average Bonchev–Trinajstić information content (AvgIpc) is 2.20. The van der Waals surface area contributed by atoms with Crippen molar-refractivity contribution in [3.05, 3.63) is 41.0 Å². The van der Waals surface area contributed by atoms with Crippen molar-refractivity contribution in [2.75, 3.05) is 0 Å². The molecule has 0 aliphatic heterocycles. The first-order chi connectivity index (χ1) is 6.65. The number of hydrogen-bond acceptors (Lipinski definition) is 1. The number of aromatic hydroxyl groups is 1. The molecule has 0 aliphatic rings. The van der Waals surface area contributed by atoms with Crippen LogP contribution in [0, 0.1) is 6.92 Å². The zero-order valence-corrected chi connectivity index (χ0v) is 9.17. The quantitative estimate of drug-likeness (QED) is 0.722. The van der Waals surface area contributed by atoms with Crippen LogP contribution in [0.2, 0.25) is 0 Å². The molecule has 1 nitrogen and oxygen atoms in total. The fourth-order valence-electron chi connectivity index (χ4n) is 1.40. The molecular formula is C13H18O. The summed E-state index contributed by atoms with van der Waals surface area (Å²) in [5.74, 6) is 0.455. The molecular weight excluding hydrogens is 172 g/mol. The van der Waals surface area contributed by atoms with Crippen molar-refractivity contribution in [3.8, 4) is 5.75 Å². The molecule has 0 fully saturated rings. The first-order valence-electron chi connectivity index (χ1n) is 5.04. The summed E-state index contributed by atoms with van der Waals surface area (Å²) in [5.41, 5.74) is 3.37. The third kappa shape index (κ3) is 2.63. The first-order valence-corrected chi connectivity index (χ1v) is 5.04. The molecule has 0 radical (unpaired) electrons. The van der Waals surface area contributed by atoms with E-state index in [9.17, 15) is 5.11 Å². The molecule has 0 saturated heterocycles. The number of phenolic OH excluding ortho intramolecular Hbond substituents is 1. The number of para-hydroxylation sites is 1. The van der Waals surface area contributed by atoms with E-state index in [1.54, 1.807) is 0 Å². The number of rotatable bonds is 3. The van der Waals surface area contributed by atoms with E-state index < -0.39 is 0 Å². The van der Waals surface area contributed by atoms with Crippen LogP contribution in [0.3, 0.4) is 0 Å². The molecule has 0 aliphatic carbocycles. The SMILES string of the molecule is C/C=C(\C)CCc1cccc(C)c1O. The summed E-state index contributed by atoms with van der Waals surface area (Å²) >= 11 is 0. The topological polar surface area (TPSA) is 20.2 Å². The monoisotopic (exact) mass is 190 g/mol. The Morgan fingerprint density at radius 1 is 1.43 bits per heavy atom. The summed E-state index contributed by atoms with van der Waals surface area (Å²) in [6, 6.07) is 5.92. The van der Waals surface area contributed by atoms with Crippen LogP contribution in [0.4, 0.5) is 0 Å². The highest BCUT2D eigenvalue weighted by molar-refractivity contribution is 5.39. The molecule has 0 bridgehead atoms. The molecule has 0 spiro atoms. The van der Waals surface area contributed by atoms with Gasteiger partial charge in [-0.25, -0.2) is 0 Å². The van der Waals surface area contributed by atoms with Gasteiger partial charge in [0, 0.05) is 0 Å². The molecule has 1 N–H and O–H groups in total. The van der Waals surface area contributed by atoms with Crippen molar-refractivity contribution in [3.63, 3.8) is 0 Å². The third-order valence-electron chi connectivity index (χ3n) is 2.60. The maximum atomic E-state index is 9.76. The summed E-state index contributed by atoms with van der Waals surface area (Å²) in [5, 5.41) is 9.76. The van der Waals surface area contributed by atoms with Gasteiger partial charge in [-0.2, -0.15) is 0 Å². The van der Waals surface area contributed by atoms with Crippen molar-refractivity contribution in [1.29, 1.82) is 0 Å². The maximum Gasteiger partial charge on any atom is 0.121 e. The van der Waals surface area contributed by atoms with Gasteiger partial charge in [-0.15, -0.1) is 0 Å². The van der Waals surface area contributed by atoms with Crippen LogP contribution < -0.4 is 0 Å². The Kier molecular flexibility index (Phi) is 3.75. The standard InChI is InChI=1S/C13H18O/c1-4-10(2)8-9-12-7-5-6-11(3)13(12)14/h4-7,14H,8-9H2,1-3H3/b10-4+. The minimum atomic E-state index is 0.455. The van der Waals surface area contributed by atoms with Gasteiger partial charge in [0.25, 0.3) is 0 Å². The predicted molar refractivity (Wildman–Crippen MR) is 60.6 cm³/mol. The lowest BCUT2D eigenvalue weighted by Crippen LogP contribution is -1.89. The molecule has 0 unspecified atom stereocenters. The smallest absolute Gasteiger partial charge is 0.121 e. The van der Waals surface area contributed by atoms with Crippen molar-refractivity contribution >= 4 is 0 Å². The Balaban J connectivity index is 2.73. The van der Waals surface area contributed by atoms with Crippen LogP contribution in [-0.4, -0.2) is 5.11 Å². The number of hydrogen-bond donors (Lipinski definition) is 1. The molecule has 0 aromatic heterocycles. The van der Waals surface area contributed by atoms with Gasteiger partial charge in [-0.05, 0) is 44.7 Å². The van der Waals surface area contributed by atoms with E-state index >= 15 is 0 Å². The van der Waals surface area contributed by atoms with E-state index in [1.165, 1.54) is 5.57 Å². The molecule has 0 heterocycles. The third-order valence-corrected chi connectivity index (χ3v) is 2.60. The van der Waals surface area contributed by atoms with E-state index in [-0.39, 0.29) is 0 Å². The Morgan fingerprint density at radius 3 is 2.79 bits per heavy atom. The van der Waals surface area contributed by atoms with Crippen LogP contribution in [0.1, 0.15) is 31.4 Å². The fourth-order valence-corrected chi connectivity index (χ4v) is 1.40. The van der Waals surface area contributed by atoms with Gasteiger partial charge in [0.2, 0.25) is 0 Å². The lowest BCUT2D eigenvalue weighted by molar-refractivity contribution is 0.463. The second kappa shape index (κ2) is 4.85. The summed E-state index contributed by atoms with van der Waals surface area (Å²) in [6.07, 6.45) is 4.06. The second-order valence-corrected chi connectivity index (χ2v) is 3.72. The van der Waals surface area contributed by atoms with Gasteiger partial charge in [0.05, 0.1) is 0 Å². The van der Waals surface area contributed by atoms with E-state index in [1.807, 2.05) is 32.0 Å². The molecule has 1 aromatic rings. The molecule has 76 valence electrons. The van der Waals surface area contributed by atoms with Gasteiger partial charge in [0.1, 0.15) is 5.75 Å². The van der Waals surface area contributed by atoms with Gasteiger partial charge < -0.3 is 5.11 Å². The van der Waals surface area contributed by atoms with Crippen molar-refractivity contribution in [1.82, 2.24) is 0 Å². The van der Waals surface area contributed by atoms with Crippen LogP contribution in [0.15, 0.2) is 29.8 Å². The van der Waals surface area contributed by atoms with E-state index in [2.05, 4.69) is 13.0 Å². The minimum absolute atomic E-state index is 0.455. The van der Waals surface area contributed by atoms with Gasteiger partial charge in [0.15, 0.2) is 0 Å². The van der Waals surface area contributed by atoms with Crippen molar-refractivity contribution < 1.29 is 5.11 Å². The molecule has 0 atom stereocenters. The number of aryl methyl sites for hydroxylation is 2. The largest absolute Gasteiger partial charge is 0.507 e. The van der Waals surface area contributed by atoms with Gasteiger partial charge in [-0.3, -0.25) is 0 Å². The molecule has 1 aromatic carbocycles. The van der Waals surface area contributed by atoms with Crippen molar-refractivity contribution in [2.24, 2.45) is 0 Å². The fraction of sp³-hybridized carbons (Fsp3) is 0.385. The zero-order chi connectivity index (χ0) is 10.6. The Morgan fingerprint density at radius 2 is 2.14 bits per heavy atom. The molecule has 0 saturated carbocycles. The van der Waals surface area contributed by atoms with E-state index in [0.29, 0.717) is 5.75 Å². The summed E-state index contributed by atoms with van der Waals surface area (Å²) < 4.78 is 0. The van der Waals surface area contributed by atoms with Gasteiger partial charge in [-0.1, -0.05) is 29.8 Å². The zero-order valence-electron chi connectivity index (χ0n) is 9.17. The highest BCUT2D eigenvalue weighted by Gasteiger charge is 2.02. The first kappa shape index (κ1) is 10.8. The van der Waals surface area contributed by atoms with Crippen LogP contribution in [0.5, 0.6) is 5.75 Å². The highest BCUT2D eigenvalue weighted by Crippen LogP contribution is 2.23. The highest BCUT2D eigenvalue weighted by atomic mass is 16.3. The van der Waals surface area contributed by atoms with Gasteiger partial charge >= 0.3 is 0 Å². The Labute approximate surface area is 86.1 Å². The minimum Gasteiger partial charge on any atom is -0.507 e. The predicted octanol–water partition coefficient (Wildman–Crippen LogP) is 3.60. The normalized spacial score (nSPS) is 11.8. The number of phenols is 1. The average molecular weight is 190 g/mol. The summed E-state index contributed by atoms with van der Waals surface area (Å²) in [7, 11) is 0. The summed E-state index contributed by atoms with van der Waals surface area (Å²) in [4.78, 5) is 0. The Hall–Kier alpha value is -1.24. The Bertz CT molecular complexity index is 337. The molecule has 0 amide bonds. The van der Waals surface area contributed by atoms with Crippen LogP contribution in [-0.2, 0) is 6.42 Å². The summed E-state index contributed by atoms with van der Waals surface area (Å²) in [6.45, 7) is 6.10. The van der Waals surface area contributed by atoms with Crippen LogP contribution >= 0.6 is 0 Å². The molecule has 14 heavy (non-hydrogen) atoms. The molecule has 1 heteroatoms.